The smallest absolute Gasteiger partial charge is 0.0925 e. The molecule has 2 N–H and O–H groups in total. The van der Waals surface area contributed by atoms with Gasteiger partial charge in [0.25, 0.3) is 0 Å². The molecule has 0 amide bonds. The second-order valence-electron chi connectivity index (χ2n) is 3.69. The number of hydrogen-bond donors (Lipinski definition) is 2. The van der Waals surface area contributed by atoms with E-state index in [9.17, 15) is 0 Å². The highest BCUT2D eigenvalue weighted by atomic mass is 35.5. The van der Waals surface area contributed by atoms with Crippen molar-refractivity contribution in [1.29, 1.82) is 0 Å². The van der Waals surface area contributed by atoms with Crippen molar-refractivity contribution in [1.82, 2.24) is 15.3 Å². The summed E-state index contributed by atoms with van der Waals surface area (Å²) in [5.41, 5.74) is 2.53. The van der Waals surface area contributed by atoms with E-state index >= 15 is 0 Å². The molecule has 1 unspecified atom stereocenters. The number of imidazole rings is 1. The highest BCUT2D eigenvalue weighted by Crippen LogP contribution is 2.25. The first-order valence-corrected chi connectivity index (χ1v) is 4.54. The van der Waals surface area contributed by atoms with Crippen molar-refractivity contribution >= 4 is 12.4 Å². The van der Waals surface area contributed by atoms with Crippen LogP contribution in [-0.4, -0.2) is 16.5 Å². The topological polar surface area (TPSA) is 40.7 Å². The molecule has 2 rings (SSSR count). The minimum Gasteiger partial charge on any atom is -0.348 e. The van der Waals surface area contributed by atoms with Gasteiger partial charge in [0, 0.05) is 18.7 Å². The molecule has 0 fully saturated rings. The maximum absolute atomic E-state index is 4.34. The van der Waals surface area contributed by atoms with Gasteiger partial charge in [-0.25, -0.2) is 4.98 Å². The largest absolute Gasteiger partial charge is 0.348 e. The number of fused-ring (bicyclic) bond motifs is 1. The first-order chi connectivity index (χ1) is 5.79. The highest BCUT2D eigenvalue weighted by molar-refractivity contribution is 5.85. The van der Waals surface area contributed by atoms with Crippen LogP contribution in [0.4, 0.5) is 0 Å². The number of aromatic amines is 1. The molecule has 1 atom stereocenters. The van der Waals surface area contributed by atoms with Gasteiger partial charge >= 0.3 is 0 Å². The van der Waals surface area contributed by atoms with Crippen LogP contribution in [0.15, 0.2) is 6.33 Å². The molecule has 2 heterocycles. The van der Waals surface area contributed by atoms with Crippen LogP contribution in [0.3, 0.4) is 0 Å². The van der Waals surface area contributed by atoms with Gasteiger partial charge in [0.2, 0.25) is 0 Å². The normalized spacial score (nSPS) is 21.0. The standard InChI is InChI=1S/C9H15N3.ClH/c1-6(2)8-9-7(3-4-10-8)11-5-12-9;/h5-6,8,10H,3-4H2,1-2H3,(H,11,12);1H. The maximum Gasteiger partial charge on any atom is 0.0925 e. The van der Waals surface area contributed by atoms with Crippen LogP contribution in [0.1, 0.15) is 31.3 Å². The van der Waals surface area contributed by atoms with Crippen molar-refractivity contribution in [3.8, 4) is 0 Å². The van der Waals surface area contributed by atoms with Gasteiger partial charge in [0.05, 0.1) is 18.1 Å². The van der Waals surface area contributed by atoms with E-state index in [-0.39, 0.29) is 12.4 Å². The SMILES string of the molecule is CC(C)C1NCCc2[nH]cnc21.Cl. The van der Waals surface area contributed by atoms with Gasteiger partial charge in [-0.3, -0.25) is 0 Å². The average Bonchev–Trinajstić information content (AvgIpc) is 2.49. The van der Waals surface area contributed by atoms with Gasteiger partial charge in [0.1, 0.15) is 0 Å². The fourth-order valence-electron chi connectivity index (χ4n) is 1.80. The molecule has 13 heavy (non-hydrogen) atoms. The Hall–Kier alpha value is -0.540. The number of halogens is 1. The fourth-order valence-corrected chi connectivity index (χ4v) is 1.80. The lowest BCUT2D eigenvalue weighted by molar-refractivity contribution is 0.386. The van der Waals surface area contributed by atoms with Gasteiger partial charge in [-0.2, -0.15) is 0 Å². The van der Waals surface area contributed by atoms with E-state index in [0.29, 0.717) is 12.0 Å². The van der Waals surface area contributed by atoms with Gasteiger partial charge < -0.3 is 10.3 Å². The second-order valence-corrected chi connectivity index (χ2v) is 3.69. The van der Waals surface area contributed by atoms with E-state index in [1.54, 1.807) is 6.33 Å². The molecule has 0 spiro atoms. The third kappa shape index (κ3) is 1.86. The number of nitrogens with zero attached hydrogens (tertiary/aromatic N) is 1. The summed E-state index contributed by atoms with van der Waals surface area (Å²) >= 11 is 0. The monoisotopic (exact) mass is 201 g/mol. The quantitative estimate of drug-likeness (QED) is 0.726. The van der Waals surface area contributed by atoms with Crippen molar-refractivity contribution in [2.24, 2.45) is 5.92 Å². The zero-order valence-electron chi connectivity index (χ0n) is 8.00. The Labute approximate surface area is 84.7 Å². The molecule has 0 bridgehead atoms. The Kier molecular flexibility index (Phi) is 3.33. The van der Waals surface area contributed by atoms with E-state index in [0.717, 1.165) is 13.0 Å². The van der Waals surface area contributed by atoms with Gasteiger partial charge in [-0.1, -0.05) is 13.8 Å². The van der Waals surface area contributed by atoms with Crippen LogP contribution in [-0.2, 0) is 6.42 Å². The molecule has 1 aliphatic heterocycles. The summed E-state index contributed by atoms with van der Waals surface area (Å²) in [7, 11) is 0. The summed E-state index contributed by atoms with van der Waals surface area (Å²) in [5.74, 6) is 0.618. The maximum atomic E-state index is 4.34. The number of aromatic nitrogens is 2. The molecule has 74 valence electrons. The van der Waals surface area contributed by atoms with Gasteiger partial charge in [-0.05, 0) is 5.92 Å². The Bertz CT molecular complexity index is 270. The van der Waals surface area contributed by atoms with Crippen LogP contribution in [0.25, 0.3) is 0 Å². The third-order valence-electron chi connectivity index (χ3n) is 2.45. The van der Waals surface area contributed by atoms with E-state index in [4.69, 9.17) is 0 Å². The molecule has 1 aromatic heterocycles. The summed E-state index contributed by atoms with van der Waals surface area (Å²) in [6, 6.07) is 0.444. The summed E-state index contributed by atoms with van der Waals surface area (Å²) in [6.07, 6.45) is 2.88. The number of nitrogens with one attached hydrogen (secondary N) is 2. The summed E-state index contributed by atoms with van der Waals surface area (Å²) in [4.78, 5) is 7.53. The molecule has 0 aliphatic carbocycles. The zero-order valence-corrected chi connectivity index (χ0v) is 8.82. The molecular weight excluding hydrogens is 186 g/mol. The van der Waals surface area contributed by atoms with Gasteiger partial charge in [0.15, 0.2) is 0 Å². The fraction of sp³-hybridized carbons (Fsp3) is 0.667. The van der Waals surface area contributed by atoms with Crippen molar-refractivity contribution in [2.45, 2.75) is 26.3 Å². The van der Waals surface area contributed by atoms with E-state index in [2.05, 4.69) is 29.1 Å². The summed E-state index contributed by atoms with van der Waals surface area (Å²) in [5, 5.41) is 3.48. The highest BCUT2D eigenvalue weighted by Gasteiger charge is 2.24. The Morgan fingerprint density at radius 1 is 1.54 bits per heavy atom. The van der Waals surface area contributed by atoms with Crippen LogP contribution >= 0.6 is 12.4 Å². The average molecular weight is 202 g/mol. The lowest BCUT2D eigenvalue weighted by atomic mass is 9.96. The molecule has 1 aliphatic rings. The number of rotatable bonds is 1. The Morgan fingerprint density at radius 2 is 2.31 bits per heavy atom. The van der Waals surface area contributed by atoms with Crippen molar-refractivity contribution < 1.29 is 0 Å². The molecular formula is C9H16ClN3. The minimum absolute atomic E-state index is 0. The molecule has 4 heteroatoms. The molecule has 0 radical (unpaired) electrons. The number of H-pyrrole nitrogens is 1. The van der Waals surface area contributed by atoms with Gasteiger partial charge in [-0.15, -0.1) is 12.4 Å². The first kappa shape index (κ1) is 10.5. The molecule has 1 aromatic rings. The van der Waals surface area contributed by atoms with Crippen molar-refractivity contribution in [3.05, 3.63) is 17.7 Å². The number of hydrogen-bond acceptors (Lipinski definition) is 2. The predicted molar refractivity (Wildman–Crippen MR) is 55.1 cm³/mol. The lowest BCUT2D eigenvalue weighted by Gasteiger charge is -2.25. The zero-order chi connectivity index (χ0) is 8.55. The minimum atomic E-state index is 0. The van der Waals surface area contributed by atoms with Crippen LogP contribution in [0.2, 0.25) is 0 Å². The first-order valence-electron chi connectivity index (χ1n) is 4.54. The summed E-state index contributed by atoms with van der Waals surface area (Å²) < 4.78 is 0. The van der Waals surface area contributed by atoms with E-state index in [1.165, 1.54) is 11.4 Å². The Balaban J connectivity index is 0.000000845. The molecule has 3 nitrogen and oxygen atoms in total. The van der Waals surface area contributed by atoms with Crippen molar-refractivity contribution in [2.75, 3.05) is 6.54 Å². The predicted octanol–water partition coefficient (Wildman–Crippen LogP) is 1.67. The van der Waals surface area contributed by atoms with Crippen LogP contribution < -0.4 is 5.32 Å². The third-order valence-corrected chi connectivity index (χ3v) is 2.45. The second kappa shape index (κ2) is 4.11. The van der Waals surface area contributed by atoms with E-state index in [1.807, 2.05) is 0 Å². The van der Waals surface area contributed by atoms with Crippen molar-refractivity contribution in [3.63, 3.8) is 0 Å². The molecule has 0 saturated heterocycles. The van der Waals surface area contributed by atoms with E-state index < -0.39 is 0 Å². The van der Waals surface area contributed by atoms with Crippen LogP contribution in [0, 0.1) is 5.92 Å². The summed E-state index contributed by atoms with van der Waals surface area (Å²) in [6.45, 7) is 5.51. The molecule has 0 aromatic carbocycles. The molecule has 0 saturated carbocycles. The lowest BCUT2D eigenvalue weighted by Crippen LogP contribution is -2.33. The van der Waals surface area contributed by atoms with Crippen LogP contribution in [0.5, 0.6) is 0 Å². The Morgan fingerprint density at radius 3 is 3.00 bits per heavy atom.